The summed E-state index contributed by atoms with van der Waals surface area (Å²) in [6.07, 6.45) is 1.82. The van der Waals surface area contributed by atoms with E-state index in [0.29, 0.717) is 5.56 Å². The van der Waals surface area contributed by atoms with Crippen molar-refractivity contribution in [1.82, 2.24) is 0 Å². The first kappa shape index (κ1) is 13.2. The zero-order valence-corrected chi connectivity index (χ0v) is 10.7. The molecule has 90 valence electrons. The van der Waals surface area contributed by atoms with E-state index in [0.717, 1.165) is 18.4 Å². The average Bonchev–Trinajstić information content (AvgIpc) is 2.13. The highest BCUT2D eigenvalue weighted by Crippen LogP contribution is 2.27. The van der Waals surface area contributed by atoms with Gasteiger partial charge < -0.3 is 5.73 Å². The van der Waals surface area contributed by atoms with Crippen LogP contribution in [0.1, 0.15) is 50.8 Å². The van der Waals surface area contributed by atoms with E-state index in [-0.39, 0.29) is 17.3 Å². The molecule has 1 nitrogen and oxygen atoms in total. The number of hydrogen-bond donors (Lipinski definition) is 1. The highest BCUT2D eigenvalue weighted by atomic mass is 19.1. The number of aryl methyl sites for hydroxylation is 1. The molecule has 16 heavy (non-hydrogen) atoms. The van der Waals surface area contributed by atoms with E-state index < -0.39 is 0 Å². The number of benzene rings is 1. The Hall–Kier alpha value is -0.890. The van der Waals surface area contributed by atoms with E-state index in [1.165, 1.54) is 0 Å². The monoisotopic (exact) mass is 223 g/mol. The Balaban J connectivity index is 2.70. The lowest BCUT2D eigenvalue weighted by Crippen LogP contribution is -2.16. The van der Waals surface area contributed by atoms with Gasteiger partial charge in [-0.3, -0.25) is 0 Å². The molecule has 0 amide bonds. The molecule has 1 aromatic rings. The Morgan fingerprint density at radius 3 is 2.44 bits per heavy atom. The van der Waals surface area contributed by atoms with E-state index in [4.69, 9.17) is 5.73 Å². The standard InChI is InChI=1S/C14H22FN/c1-10-5-6-11(12(15)9-10)13(16)7-8-14(2,3)4/h5-6,9,13H,7-8,16H2,1-4H3. The molecule has 1 unspecified atom stereocenters. The fourth-order valence-electron chi connectivity index (χ4n) is 1.68. The molecule has 0 spiro atoms. The van der Waals surface area contributed by atoms with E-state index in [1.807, 2.05) is 13.0 Å². The van der Waals surface area contributed by atoms with Crippen molar-refractivity contribution in [3.8, 4) is 0 Å². The van der Waals surface area contributed by atoms with Crippen LogP contribution in [0.4, 0.5) is 4.39 Å². The van der Waals surface area contributed by atoms with E-state index in [2.05, 4.69) is 20.8 Å². The molecule has 0 heterocycles. The minimum atomic E-state index is -0.195. The predicted molar refractivity (Wildman–Crippen MR) is 66.8 cm³/mol. The molecule has 0 aliphatic carbocycles. The van der Waals surface area contributed by atoms with Gasteiger partial charge in [0.15, 0.2) is 0 Å². The van der Waals surface area contributed by atoms with E-state index >= 15 is 0 Å². The topological polar surface area (TPSA) is 26.0 Å². The van der Waals surface area contributed by atoms with Gasteiger partial charge in [0.1, 0.15) is 5.82 Å². The Morgan fingerprint density at radius 2 is 1.94 bits per heavy atom. The maximum absolute atomic E-state index is 13.6. The predicted octanol–water partition coefficient (Wildman–Crippen LogP) is 3.96. The molecule has 0 aliphatic rings. The molecule has 0 radical (unpaired) electrons. The van der Waals surface area contributed by atoms with Gasteiger partial charge in [-0.25, -0.2) is 4.39 Å². The highest BCUT2D eigenvalue weighted by molar-refractivity contribution is 5.25. The lowest BCUT2D eigenvalue weighted by atomic mass is 9.87. The maximum Gasteiger partial charge on any atom is 0.128 e. The molecule has 0 aromatic heterocycles. The minimum absolute atomic E-state index is 0.179. The van der Waals surface area contributed by atoms with Crippen molar-refractivity contribution in [2.45, 2.75) is 46.6 Å². The van der Waals surface area contributed by atoms with Crippen molar-refractivity contribution in [1.29, 1.82) is 0 Å². The maximum atomic E-state index is 13.6. The van der Waals surface area contributed by atoms with E-state index in [1.54, 1.807) is 12.1 Å². The summed E-state index contributed by atoms with van der Waals surface area (Å²) >= 11 is 0. The molecule has 1 atom stereocenters. The van der Waals surface area contributed by atoms with Gasteiger partial charge in [-0.15, -0.1) is 0 Å². The van der Waals surface area contributed by atoms with Gasteiger partial charge in [0.05, 0.1) is 0 Å². The van der Waals surface area contributed by atoms with Crippen LogP contribution >= 0.6 is 0 Å². The summed E-state index contributed by atoms with van der Waals surface area (Å²) in [5, 5.41) is 0. The molecular weight excluding hydrogens is 201 g/mol. The molecular formula is C14H22FN. The highest BCUT2D eigenvalue weighted by Gasteiger charge is 2.16. The normalized spacial score (nSPS) is 13.9. The quantitative estimate of drug-likeness (QED) is 0.824. The molecule has 0 fully saturated rings. The first-order valence-corrected chi connectivity index (χ1v) is 5.81. The van der Waals surface area contributed by atoms with Crippen LogP contribution in [-0.2, 0) is 0 Å². The summed E-state index contributed by atoms with van der Waals surface area (Å²) in [7, 11) is 0. The van der Waals surface area contributed by atoms with Gasteiger partial charge in [-0.2, -0.15) is 0 Å². The molecule has 1 rings (SSSR count). The second kappa shape index (κ2) is 4.96. The van der Waals surface area contributed by atoms with Crippen LogP contribution in [0, 0.1) is 18.2 Å². The Kier molecular flexibility index (Phi) is 4.09. The lowest BCUT2D eigenvalue weighted by Gasteiger charge is -2.21. The lowest BCUT2D eigenvalue weighted by molar-refractivity contribution is 0.347. The van der Waals surface area contributed by atoms with Gasteiger partial charge >= 0.3 is 0 Å². The zero-order chi connectivity index (χ0) is 12.3. The van der Waals surface area contributed by atoms with Crippen LogP contribution in [0.15, 0.2) is 18.2 Å². The molecule has 1 aromatic carbocycles. The second-order valence-corrected chi connectivity index (χ2v) is 5.73. The van der Waals surface area contributed by atoms with Gasteiger partial charge in [-0.05, 0) is 36.8 Å². The summed E-state index contributed by atoms with van der Waals surface area (Å²) in [5.41, 5.74) is 7.83. The number of rotatable bonds is 3. The summed E-state index contributed by atoms with van der Waals surface area (Å²) in [6.45, 7) is 8.40. The van der Waals surface area contributed by atoms with Crippen LogP contribution < -0.4 is 5.73 Å². The smallest absolute Gasteiger partial charge is 0.128 e. The van der Waals surface area contributed by atoms with Gasteiger partial charge in [0.25, 0.3) is 0 Å². The van der Waals surface area contributed by atoms with Crippen molar-refractivity contribution in [2.75, 3.05) is 0 Å². The average molecular weight is 223 g/mol. The number of hydrogen-bond acceptors (Lipinski definition) is 1. The van der Waals surface area contributed by atoms with Crippen LogP contribution in [0.5, 0.6) is 0 Å². The zero-order valence-electron chi connectivity index (χ0n) is 10.7. The summed E-state index contributed by atoms with van der Waals surface area (Å²) in [6, 6.07) is 5.07. The third-order valence-corrected chi connectivity index (χ3v) is 2.76. The Bertz CT molecular complexity index is 352. The molecule has 2 N–H and O–H groups in total. The SMILES string of the molecule is Cc1ccc(C(N)CCC(C)(C)C)c(F)c1. The Labute approximate surface area is 97.9 Å². The van der Waals surface area contributed by atoms with Gasteiger partial charge in [0, 0.05) is 11.6 Å². The first-order valence-electron chi connectivity index (χ1n) is 5.81. The molecule has 0 saturated heterocycles. The van der Waals surface area contributed by atoms with Crippen LogP contribution in [0.2, 0.25) is 0 Å². The van der Waals surface area contributed by atoms with Crippen molar-refractivity contribution in [3.63, 3.8) is 0 Å². The summed E-state index contributed by atoms with van der Waals surface area (Å²) in [5.74, 6) is -0.179. The summed E-state index contributed by atoms with van der Waals surface area (Å²) < 4.78 is 13.6. The second-order valence-electron chi connectivity index (χ2n) is 5.73. The van der Waals surface area contributed by atoms with Crippen molar-refractivity contribution < 1.29 is 4.39 Å². The molecule has 0 saturated carbocycles. The fraction of sp³-hybridized carbons (Fsp3) is 0.571. The van der Waals surface area contributed by atoms with Crippen molar-refractivity contribution in [3.05, 3.63) is 35.1 Å². The van der Waals surface area contributed by atoms with Crippen molar-refractivity contribution in [2.24, 2.45) is 11.1 Å². The van der Waals surface area contributed by atoms with Gasteiger partial charge in [0.2, 0.25) is 0 Å². The molecule has 0 bridgehead atoms. The third-order valence-electron chi connectivity index (χ3n) is 2.76. The first-order chi connectivity index (χ1) is 7.29. The number of halogens is 1. The van der Waals surface area contributed by atoms with Gasteiger partial charge in [-0.1, -0.05) is 32.9 Å². The molecule has 2 heteroatoms. The van der Waals surface area contributed by atoms with Crippen LogP contribution in [0.25, 0.3) is 0 Å². The van der Waals surface area contributed by atoms with Crippen LogP contribution in [-0.4, -0.2) is 0 Å². The molecule has 0 aliphatic heterocycles. The van der Waals surface area contributed by atoms with Crippen molar-refractivity contribution >= 4 is 0 Å². The minimum Gasteiger partial charge on any atom is -0.324 e. The third kappa shape index (κ3) is 3.93. The largest absolute Gasteiger partial charge is 0.324 e. The summed E-state index contributed by atoms with van der Waals surface area (Å²) in [4.78, 5) is 0. The fourth-order valence-corrected chi connectivity index (χ4v) is 1.68. The van der Waals surface area contributed by atoms with E-state index in [9.17, 15) is 4.39 Å². The number of nitrogens with two attached hydrogens (primary N) is 1. The van der Waals surface area contributed by atoms with Crippen LogP contribution in [0.3, 0.4) is 0 Å². The Morgan fingerprint density at radius 1 is 1.31 bits per heavy atom.